The number of rotatable bonds is 8. The topological polar surface area (TPSA) is 71.9 Å². The van der Waals surface area contributed by atoms with Crippen LogP contribution < -0.4 is 10.1 Å². The first-order valence-corrected chi connectivity index (χ1v) is 10.9. The lowest BCUT2D eigenvalue weighted by Gasteiger charge is -2.17. The van der Waals surface area contributed by atoms with Crippen molar-refractivity contribution in [2.75, 3.05) is 19.1 Å². The molecule has 4 rings (SSSR count). The Morgan fingerprint density at radius 3 is 2.93 bits per heavy atom. The minimum Gasteiger partial charge on any atom is -0.497 e. The van der Waals surface area contributed by atoms with Gasteiger partial charge in [-0.15, -0.1) is 0 Å². The van der Waals surface area contributed by atoms with E-state index in [1.807, 2.05) is 59.3 Å². The smallest absolute Gasteiger partial charge is 0.240 e. The van der Waals surface area contributed by atoms with Crippen molar-refractivity contribution in [3.05, 3.63) is 60.6 Å². The number of thioether (sulfide) groups is 1. The molecule has 4 aromatic rings. The number of hydrogen-bond acceptors (Lipinski definition) is 4. The molecule has 2 aromatic heterocycles. The normalized spacial score (nSPS) is 12.3. The highest BCUT2D eigenvalue weighted by Crippen LogP contribution is 2.23. The Balaban J connectivity index is 1.52. The number of carbonyl (C=O) groups is 1. The minimum absolute atomic E-state index is 0.0372. The number of fused-ring (bicyclic) bond motifs is 2. The van der Waals surface area contributed by atoms with Crippen molar-refractivity contribution in [2.24, 2.45) is 0 Å². The van der Waals surface area contributed by atoms with Crippen molar-refractivity contribution < 1.29 is 9.53 Å². The number of amides is 1. The third-order valence-corrected chi connectivity index (χ3v) is 5.62. The van der Waals surface area contributed by atoms with Crippen LogP contribution in [0.2, 0.25) is 0 Å². The molecule has 0 saturated heterocycles. The third-order valence-electron chi connectivity index (χ3n) is 4.98. The van der Waals surface area contributed by atoms with Crippen molar-refractivity contribution in [1.29, 1.82) is 0 Å². The van der Waals surface area contributed by atoms with Gasteiger partial charge in [0.05, 0.1) is 24.2 Å². The van der Waals surface area contributed by atoms with Gasteiger partial charge in [0.1, 0.15) is 18.1 Å². The number of aromatic amines is 1. The van der Waals surface area contributed by atoms with E-state index >= 15 is 0 Å². The Morgan fingerprint density at radius 2 is 2.14 bits per heavy atom. The van der Waals surface area contributed by atoms with Crippen LogP contribution in [0.4, 0.5) is 0 Å². The predicted octanol–water partition coefficient (Wildman–Crippen LogP) is 4.14. The highest BCUT2D eigenvalue weighted by atomic mass is 32.2. The van der Waals surface area contributed by atoms with Crippen molar-refractivity contribution >= 4 is 39.6 Å². The van der Waals surface area contributed by atoms with Crippen molar-refractivity contribution in [3.63, 3.8) is 0 Å². The summed E-state index contributed by atoms with van der Waals surface area (Å²) in [6.07, 6.45) is 4.82. The lowest BCUT2D eigenvalue weighted by atomic mass is 10.2. The summed E-state index contributed by atoms with van der Waals surface area (Å²) in [4.78, 5) is 20.9. The number of imidazole rings is 1. The summed E-state index contributed by atoms with van der Waals surface area (Å²) in [6.45, 7) is 0.256. The molecule has 6 nitrogen and oxygen atoms in total. The molecule has 0 bridgehead atoms. The number of aromatic nitrogens is 3. The van der Waals surface area contributed by atoms with E-state index in [0.29, 0.717) is 0 Å². The molecule has 0 spiro atoms. The molecule has 2 heterocycles. The summed E-state index contributed by atoms with van der Waals surface area (Å²) in [5, 5.41) is 4.21. The van der Waals surface area contributed by atoms with E-state index < -0.39 is 0 Å². The molecule has 29 heavy (non-hydrogen) atoms. The first-order valence-electron chi connectivity index (χ1n) is 9.54. The third kappa shape index (κ3) is 4.24. The summed E-state index contributed by atoms with van der Waals surface area (Å²) in [5.41, 5.74) is 2.90. The Hall–Kier alpha value is -2.93. The average Bonchev–Trinajstić information content (AvgIpc) is 3.34. The van der Waals surface area contributed by atoms with E-state index in [1.165, 1.54) is 0 Å². The molecular weight excluding hydrogens is 384 g/mol. The number of hydrogen-bond donors (Lipinski definition) is 2. The van der Waals surface area contributed by atoms with Gasteiger partial charge in [0.2, 0.25) is 5.91 Å². The average molecular weight is 409 g/mol. The van der Waals surface area contributed by atoms with Crippen LogP contribution >= 0.6 is 11.8 Å². The van der Waals surface area contributed by atoms with Gasteiger partial charge in [0.25, 0.3) is 0 Å². The number of methoxy groups -OCH3 is 1. The summed E-state index contributed by atoms with van der Waals surface area (Å²) >= 11 is 1.76. The number of H-pyrrole nitrogens is 1. The molecule has 0 saturated carbocycles. The van der Waals surface area contributed by atoms with E-state index in [2.05, 4.69) is 21.5 Å². The fourth-order valence-electron chi connectivity index (χ4n) is 3.49. The Morgan fingerprint density at radius 1 is 1.28 bits per heavy atom. The molecule has 7 heteroatoms. The molecule has 0 aliphatic rings. The van der Waals surface area contributed by atoms with E-state index in [1.54, 1.807) is 18.9 Å². The van der Waals surface area contributed by atoms with Crippen LogP contribution in [-0.4, -0.2) is 39.6 Å². The van der Waals surface area contributed by atoms with Gasteiger partial charge < -0.3 is 19.6 Å². The van der Waals surface area contributed by atoms with Crippen LogP contribution in [0.15, 0.2) is 54.7 Å². The summed E-state index contributed by atoms with van der Waals surface area (Å²) in [7, 11) is 1.65. The number of nitrogens with zero attached hydrogens (tertiary/aromatic N) is 2. The number of carbonyl (C=O) groups excluding carboxylic acids is 1. The highest BCUT2D eigenvalue weighted by Gasteiger charge is 2.18. The van der Waals surface area contributed by atoms with Crippen LogP contribution in [0.1, 0.15) is 18.3 Å². The molecule has 2 aromatic carbocycles. The first-order chi connectivity index (χ1) is 14.2. The summed E-state index contributed by atoms with van der Waals surface area (Å²) in [5.74, 6) is 2.51. The lowest BCUT2D eigenvalue weighted by Crippen LogP contribution is -2.32. The molecule has 1 amide bonds. The zero-order valence-corrected chi connectivity index (χ0v) is 17.3. The van der Waals surface area contributed by atoms with Gasteiger partial charge in [-0.25, -0.2) is 4.98 Å². The molecule has 0 fully saturated rings. The molecular formula is C22H24N4O2S. The van der Waals surface area contributed by atoms with Gasteiger partial charge in [-0.05, 0) is 54.8 Å². The van der Waals surface area contributed by atoms with Gasteiger partial charge >= 0.3 is 0 Å². The molecule has 0 aliphatic carbocycles. The minimum atomic E-state index is -0.149. The van der Waals surface area contributed by atoms with Gasteiger partial charge in [0, 0.05) is 17.1 Å². The van der Waals surface area contributed by atoms with Crippen LogP contribution in [0, 0.1) is 0 Å². The maximum absolute atomic E-state index is 12.8. The first kappa shape index (κ1) is 19.4. The quantitative estimate of drug-likeness (QED) is 0.460. The molecule has 1 atom stereocenters. The van der Waals surface area contributed by atoms with Crippen molar-refractivity contribution in [2.45, 2.75) is 19.0 Å². The van der Waals surface area contributed by atoms with Gasteiger partial charge in [-0.2, -0.15) is 11.8 Å². The number of benzene rings is 2. The maximum Gasteiger partial charge on any atom is 0.240 e. The summed E-state index contributed by atoms with van der Waals surface area (Å²) in [6, 6.07) is 15.6. The Labute approximate surface area is 173 Å². The zero-order valence-electron chi connectivity index (χ0n) is 16.5. The van der Waals surface area contributed by atoms with Crippen LogP contribution in [0.25, 0.3) is 21.9 Å². The van der Waals surface area contributed by atoms with Crippen molar-refractivity contribution in [1.82, 2.24) is 19.9 Å². The van der Waals surface area contributed by atoms with E-state index in [0.717, 1.165) is 45.7 Å². The second-order valence-corrected chi connectivity index (χ2v) is 7.89. The Bertz CT molecular complexity index is 1100. The standard InChI is InChI=1S/C22H24N4O2S/c1-28-16-7-8-20-15(13-16)9-11-26(20)14-21(27)23-19(10-12-29-2)22-24-17-5-3-4-6-18(17)25-22/h3-9,11,13,19H,10,12,14H2,1-2H3,(H,23,27)(H,24,25)/t19-/m1/s1. The SMILES string of the molecule is COc1ccc2c(ccn2CC(=O)N[C@H](CCSC)c2nc3ccccc3[nH]2)c1. The fourth-order valence-corrected chi connectivity index (χ4v) is 3.96. The van der Waals surface area contributed by atoms with Crippen LogP contribution in [0.5, 0.6) is 5.75 Å². The fraction of sp³-hybridized carbons (Fsp3) is 0.273. The second-order valence-electron chi connectivity index (χ2n) is 6.91. The van der Waals surface area contributed by atoms with Crippen molar-refractivity contribution in [3.8, 4) is 5.75 Å². The molecule has 0 radical (unpaired) electrons. The largest absolute Gasteiger partial charge is 0.497 e. The monoisotopic (exact) mass is 408 g/mol. The second kappa shape index (κ2) is 8.61. The maximum atomic E-state index is 12.8. The van der Waals surface area contributed by atoms with Crippen LogP contribution in [0.3, 0.4) is 0 Å². The summed E-state index contributed by atoms with van der Waals surface area (Å²) < 4.78 is 7.23. The zero-order chi connectivity index (χ0) is 20.2. The van der Waals surface area contributed by atoms with Crippen LogP contribution in [-0.2, 0) is 11.3 Å². The predicted molar refractivity (Wildman–Crippen MR) is 118 cm³/mol. The highest BCUT2D eigenvalue weighted by molar-refractivity contribution is 7.98. The number of para-hydroxylation sites is 2. The Kier molecular flexibility index (Phi) is 5.76. The van der Waals surface area contributed by atoms with Gasteiger partial charge in [0.15, 0.2) is 0 Å². The molecule has 150 valence electrons. The van der Waals surface area contributed by atoms with E-state index in [9.17, 15) is 4.79 Å². The van der Waals surface area contributed by atoms with E-state index in [-0.39, 0.29) is 18.5 Å². The number of nitrogens with one attached hydrogen (secondary N) is 2. The van der Waals surface area contributed by atoms with E-state index in [4.69, 9.17) is 4.74 Å². The molecule has 0 aliphatic heterocycles. The van der Waals surface area contributed by atoms with Gasteiger partial charge in [-0.1, -0.05) is 12.1 Å². The molecule has 0 unspecified atom stereocenters. The number of ether oxygens (including phenoxy) is 1. The molecule has 2 N–H and O–H groups in total. The van der Waals surface area contributed by atoms with Gasteiger partial charge in [-0.3, -0.25) is 4.79 Å². The lowest BCUT2D eigenvalue weighted by molar-refractivity contribution is -0.122.